The Morgan fingerprint density at radius 2 is 1.73 bits per heavy atom. The summed E-state index contributed by atoms with van der Waals surface area (Å²) in [4.78, 5) is 20.0. The molecule has 0 rings (SSSR count). The third-order valence-electron chi connectivity index (χ3n) is 0.387. The molecule has 0 bridgehead atoms. The molecule has 0 unspecified atom stereocenters. The van der Waals surface area contributed by atoms with Crippen LogP contribution in [0.4, 0.5) is 0 Å². The number of carbonyl (C=O) groups excluding carboxylic acids is 2. The average Bonchev–Trinajstić information content (AvgIpc) is 1.65. The summed E-state index contributed by atoms with van der Waals surface area (Å²) in [6.07, 6.45) is 0. The van der Waals surface area contributed by atoms with E-state index in [9.17, 15) is 9.59 Å². The van der Waals surface area contributed by atoms with E-state index in [-0.39, 0.29) is 63.5 Å². The van der Waals surface area contributed by atoms with E-state index >= 15 is 0 Å². The van der Waals surface area contributed by atoms with Crippen LogP contribution in [0, 0.1) is 0 Å². The second-order valence-corrected chi connectivity index (χ2v) is 1.44. The third kappa shape index (κ3) is 18.1. The van der Waals surface area contributed by atoms with Gasteiger partial charge in [-0.3, -0.25) is 9.59 Å². The van der Waals surface area contributed by atoms with Gasteiger partial charge >= 0.3 is 57.4 Å². The first-order valence-electron chi connectivity index (χ1n) is 1.99. The zero-order chi connectivity index (χ0) is 6.57. The molecule has 7 heteroatoms. The molecule has 0 radical (unpaired) electrons. The SMILES string of the molecule is CC(=O)OC(=O)CS.N.N.[SrH2]. The van der Waals surface area contributed by atoms with Crippen LogP contribution in [0.5, 0.6) is 0 Å². The van der Waals surface area contributed by atoms with Crippen molar-refractivity contribution >= 4 is 70.0 Å². The van der Waals surface area contributed by atoms with E-state index < -0.39 is 11.9 Å². The first-order valence-corrected chi connectivity index (χ1v) is 2.62. The first kappa shape index (κ1) is 22.7. The minimum atomic E-state index is -0.610. The van der Waals surface area contributed by atoms with Crippen LogP contribution in [0.1, 0.15) is 6.92 Å². The van der Waals surface area contributed by atoms with Crippen molar-refractivity contribution in [2.45, 2.75) is 6.92 Å². The monoisotopic (exact) mass is 258 g/mol. The minimum absolute atomic E-state index is 0. The molecule has 0 aromatic carbocycles. The number of hydrogen-bond donors (Lipinski definition) is 3. The van der Waals surface area contributed by atoms with Crippen molar-refractivity contribution in [3.05, 3.63) is 0 Å². The van der Waals surface area contributed by atoms with Gasteiger partial charge in [0, 0.05) is 6.92 Å². The zero-order valence-electron chi connectivity index (χ0n) is 5.79. The molecule has 0 aliphatic carbocycles. The van der Waals surface area contributed by atoms with Crippen molar-refractivity contribution in [3.8, 4) is 0 Å². The van der Waals surface area contributed by atoms with Gasteiger partial charge in [0.15, 0.2) is 0 Å². The van der Waals surface area contributed by atoms with Gasteiger partial charge in [-0.1, -0.05) is 0 Å². The van der Waals surface area contributed by atoms with E-state index in [2.05, 4.69) is 17.4 Å². The van der Waals surface area contributed by atoms with Crippen molar-refractivity contribution in [2.24, 2.45) is 0 Å². The Labute approximate surface area is 108 Å². The van der Waals surface area contributed by atoms with Crippen molar-refractivity contribution in [1.82, 2.24) is 12.3 Å². The summed E-state index contributed by atoms with van der Waals surface area (Å²) in [5, 5.41) is 0. The maximum atomic E-state index is 10.1. The van der Waals surface area contributed by atoms with Gasteiger partial charge < -0.3 is 17.0 Å². The molecule has 0 aromatic rings. The molecule has 11 heavy (non-hydrogen) atoms. The fraction of sp³-hybridized carbons (Fsp3) is 0.500. The molecule has 0 heterocycles. The summed E-state index contributed by atoms with van der Waals surface area (Å²) in [7, 11) is 0. The van der Waals surface area contributed by atoms with Gasteiger partial charge in [-0.2, -0.15) is 12.6 Å². The number of hydrogen-bond acceptors (Lipinski definition) is 6. The van der Waals surface area contributed by atoms with Gasteiger partial charge in [0.2, 0.25) is 0 Å². The molecule has 0 amide bonds. The third-order valence-corrected chi connectivity index (χ3v) is 0.645. The molecule has 6 N–H and O–H groups in total. The summed E-state index contributed by atoms with van der Waals surface area (Å²) in [6, 6.07) is 0. The Hall–Kier alpha value is 0.891. The number of ether oxygens (including phenoxy) is 1. The van der Waals surface area contributed by atoms with Crippen LogP contribution in [0.3, 0.4) is 0 Å². The summed E-state index contributed by atoms with van der Waals surface area (Å²) < 4.78 is 4.05. The zero-order valence-corrected chi connectivity index (χ0v) is 6.69. The summed E-state index contributed by atoms with van der Waals surface area (Å²) in [5.41, 5.74) is 0. The van der Waals surface area contributed by atoms with Crippen LogP contribution < -0.4 is 12.3 Å². The summed E-state index contributed by atoms with van der Waals surface area (Å²) >= 11 is 3.56. The molecule has 5 nitrogen and oxygen atoms in total. The van der Waals surface area contributed by atoms with Gasteiger partial charge in [-0.05, 0) is 0 Å². The average molecular weight is 258 g/mol. The summed E-state index contributed by atoms with van der Waals surface area (Å²) in [6.45, 7) is 1.17. The number of thiol groups is 1. The Morgan fingerprint density at radius 3 is 1.82 bits per heavy atom. The van der Waals surface area contributed by atoms with Crippen molar-refractivity contribution in [1.29, 1.82) is 0 Å². The van der Waals surface area contributed by atoms with Crippen LogP contribution in [0.25, 0.3) is 0 Å². The Kier molecular flexibility index (Phi) is 27.8. The van der Waals surface area contributed by atoms with Gasteiger partial charge in [0.25, 0.3) is 0 Å². The van der Waals surface area contributed by atoms with Crippen LogP contribution in [0.15, 0.2) is 0 Å². The van der Waals surface area contributed by atoms with E-state index in [0.717, 1.165) is 0 Å². The second-order valence-electron chi connectivity index (χ2n) is 1.12. The van der Waals surface area contributed by atoms with E-state index in [1.54, 1.807) is 0 Å². The Balaban J connectivity index is -0.0000000817. The molecule has 0 aliphatic rings. The van der Waals surface area contributed by atoms with E-state index in [4.69, 9.17) is 0 Å². The molecule has 0 saturated carbocycles. The van der Waals surface area contributed by atoms with E-state index in [1.165, 1.54) is 6.92 Å². The molecule has 0 spiro atoms. The molecule has 66 valence electrons. The fourth-order valence-electron chi connectivity index (χ4n) is 0.193. The maximum absolute atomic E-state index is 10.1. The predicted molar refractivity (Wildman–Crippen MR) is 49.2 cm³/mol. The van der Waals surface area contributed by atoms with Crippen molar-refractivity contribution < 1.29 is 14.3 Å². The number of rotatable bonds is 1. The molecule has 0 aromatic heterocycles. The van der Waals surface area contributed by atoms with E-state index in [1.807, 2.05) is 0 Å². The van der Waals surface area contributed by atoms with Crippen molar-refractivity contribution in [2.75, 3.05) is 5.75 Å². The van der Waals surface area contributed by atoms with Crippen LogP contribution in [0.2, 0.25) is 0 Å². The number of carbonyl (C=O) groups is 2. The van der Waals surface area contributed by atoms with Gasteiger partial charge in [-0.25, -0.2) is 0 Å². The Morgan fingerprint density at radius 1 is 1.36 bits per heavy atom. The standard InChI is InChI=1S/C4H6O3S.2H3N.Sr.2H/c1-3(5)7-4(6)2-8;;;;;/h8H,2H2,1H3;2*1H3;;;. The molecular formula is C4H14N2O3SSr. The van der Waals surface area contributed by atoms with Crippen LogP contribution in [-0.2, 0) is 14.3 Å². The van der Waals surface area contributed by atoms with Gasteiger partial charge in [-0.15, -0.1) is 0 Å². The second kappa shape index (κ2) is 13.5. The predicted octanol–water partition coefficient (Wildman–Crippen LogP) is -0.586. The molecule has 0 saturated heterocycles. The van der Waals surface area contributed by atoms with Crippen LogP contribution in [-0.4, -0.2) is 63.2 Å². The first-order chi connectivity index (χ1) is 3.66. The Bertz CT molecular complexity index is 122. The number of esters is 2. The normalized spacial score (nSPS) is 6.00. The molecule has 0 atom stereocenters. The molecule has 0 aliphatic heterocycles. The van der Waals surface area contributed by atoms with Gasteiger partial charge in [0.05, 0.1) is 5.75 Å². The summed E-state index contributed by atoms with van der Waals surface area (Å²) in [5.74, 6) is -1.26. The fourth-order valence-corrected chi connectivity index (χ4v) is 0.257. The van der Waals surface area contributed by atoms with E-state index in [0.29, 0.717) is 0 Å². The van der Waals surface area contributed by atoms with Crippen LogP contribution >= 0.6 is 12.6 Å². The van der Waals surface area contributed by atoms with Gasteiger partial charge in [0.1, 0.15) is 0 Å². The topological polar surface area (TPSA) is 113 Å². The molecular weight excluding hydrogens is 244 g/mol. The quantitative estimate of drug-likeness (QED) is 0.252. The molecule has 0 fully saturated rings. The van der Waals surface area contributed by atoms with Crippen molar-refractivity contribution in [3.63, 3.8) is 0 Å².